The van der Waals surface area contributed by atoms with Gasteiger partial charge in [0, 0.05) is 30.8 Å². The molecule has 7 nitrogen and oxygen atoms in total. The van der Waals surface area contributed by atoms with Crippen molar-refractivity contribution in [2.45, 2.75) is 30.3 Å². The van der Waals surface area contributed by atoms with Gasteiger partial charge < -0.3 is 5.32 Å². The molecule has 3 aromatic carbocycles. The standard InChI is InChI=1S/C23H25N3O4S/c1-18(20-10-6-3-7-11-20)24-17-21(16-19-8-4-2-5-9-19)25-31(29,30)23-14-12-22(13-15-23)26(27)28/h2-15,18,21,24-25H,16-17H2,1H3/t18-,21?/m1/s1. The SMILES string of the molecule is C[C@@H](NCC(Cc1ccccc1)NS(=O)(=O)c1ccc([N+](=O)[O-])cc1)c1ccccc1. The second kappa shape index (κ2) is 10.3. The molecule has 8 heteroatoms. The molecule has 1 unspecified atom stereocenters. The van der Waals surface area contributed by atoms with E-state index in [0.29, 0.717) is 13.0 Å². The van der Waals surface area contributed by atoms with Gasteiger partial charge in [0.1, 0.15) is 0 Å². The second-order valence-electron chi connectivity index (χ2n) is 7.30. The van der Waals surface area contributed by atoms with Crippen LogP contribution in [0, 0.1) is 10.1 Å². The summed E-state index contributed by atoms with van der Waals surface area (Å²) in [5, 5.41) is 14.2. The number of rotatable bonds is 10. The van der Waals surface area contributed by atoms with E-state index in [4.69, 9.17) is 0 Å². The molecule has 0 bridgehead atoms. The molecule has 0 saturated heterocycles. The van der Waals surface area contributed by atoms with Crippen molar-refractivity contribution in [3.8, 4) is 0 Å². The zero-order valence-corrected chi connectivity index (χ0v) is 18.0. The summed E-state index contributed by atoms with van der Waals surface area (Å²) in [5.74, 6) is 0. The summed E-state index contributed by atoms with van der Waals surface area (Å²) in [6, 6.07) is 24.1. The number of hydrogen-bond donors (Lipinski definition) is 2. The van der Waals surface area contributed by atoms with Crippen LogP contribution < -0.4 is 10.0 Å². The van der Waals surface area contributed by atoms with Crippen LogP contribution in [0.1, 0.15) is 24.1 Å². The van der Waals surface area contributed by atoms with Gasteiger partial charge in [-0.3, -0.25) is 10.1 Å². The molecule has 3 aromatic rings. The lowest BCUT2D eigenvalue weighted by molar-refractivity contribution is -0.384. The normalized spacial score (nSPS) is 13.5. The van der Waals surface area contributed by atoms with E-state index in [0.717, 1.165) is 11.1 Å². The van der Waals surface area contributed by atoms with Gasteiger partial charge in [-0.15, -0.1) is 0 Å². The number of nitrogens with one attached hydrogen (secondary N) is 2. The van der Waals surface area contributed by atoms with E-state index in [9.17, 15) is 18.5 Å². The monoisotopic (exact) mass is 439 g/mol. The molecule has 0 aliphatic rings. The van der Waals surface area contributed by atoms with E-state index in [2.05, 4.69) is 10.0 Å². The van der Waals surface area contributed by atoms with E-state index in [1.54, 1.807) is 0 Å². The van der Waals surface area contributed by atoms with Crippen LogP contribution in [0.2, 0.25) is 0 Å². The van der Waals surface area contributed by atoms with E-state index in [1.807, 2.05) is 67.6 Å². The van der Waals surface area contributed by atoms with Gasteiger partial charge in [0.15, 0.2) is 0 Å². The van der Waals surface area contributed by atoms with Crippen molar-refractivity contribution < 1.29 is 13.3 Å². The zero-order valence-electron chi connectivity index (χ0n) is 17.1. The summed E-state index contributed by atoms with van der Waals surface area (Å²) in [6.45, 7) is 2.44. The van der Waals surface area contributed by atoms with Gasteiger partial charge in [-0.05, 0) is 36.6 Å². The number of nitrogens with zero attached hydrogens (tertiary/aromatic N) is 1. The van der Waals surface area contributed by atoms with E-state index in [-0.39, 0.29) is 16.6 Å². The summed E-state index contributed by atoms with van der Waals surface area (Å²) < 4.78 is 28.6. The van der Waals surface area contributed by atoms with Crippen molar-refractivity contribution >= 4 is 15.7 Å². The lowest BCUT2D eigenvalue weighted by Gasteiger charge is -2.22. The topological polar surface area (TPSA) is 101 Å². The average Bonchev–Trinajstić information content (AvgIpc) is 2.78. The van der Waals surface area contributed by atoms with Crippen LogP contribution in [0.25, 0.3) is 0 Å². The third-order valence-electron chi connectivity index (χ3n) is 4.97. The third kappa shape index (κ3) is 6.45. The van der Waals surface area contributed by atoms with Crippen LogP contribution in [-0.4, -0.2) is 25.9 Å². The number of nitro benzene ring substituents is 1. The Hall–Kier alpha value is -3.07. The molecule has 0 amide bonds. The van der Waals surface area contributed by atoms with E-state index < -0.39 is 21.0 Å². The van der Waals surface area contributed by atoms with Gasteiger partial charge in [0.25, 0.3) is 5.69 Å². The smallest absolute Gasteiger partial charge is 0.269 e. The molecule has 31 heavy (non-hydrogen) atoms. The van der Waals surface area contributed by atoms with Crippen molar-refractivity contribution in [2.24, 2.45) is 0 Å². The lowest BCUT2D eigenvalue weighted by Crippen LogP contribution is -2.44. The Labute approximate surface area is 182 Å². The van der Waals surface area contributed by atoms with Crippen molar-refractivity contribution in [2.75, 3.05) is 6.54 Å². The molecule has 162 valence electrons. The Kier molecular flexibility index (Phi) is 7.51. The molecule has 2 N–H and O–H groups in total. The fourth-order valence-corrected chi connectivity index (χ4v) is 4.50. The molecule has 2 atom stereocenters. The van der Waals surface area contributed by atoms with E-state index in [1.165, 1.54) is 24.3 Å². The minimum absolute atomic E-state index is 0.00716. The maximum atomic E-state index is 12.9. The highest BCUT2D eigenvalue weighted by Gasteiger charge is 2.22. The van der Waals surface area contributed by atoms with Crippen LogP contribution in [0.4, 0.5) is 5.69 Å². The summed E-state index contributed by atoms with van der Waals surface area (Å²) in [6.07, 6.45) is 0.502. The quantitative estimate of drug-likeness (QED) is 0.369. The number of sulfonamides is 1. The van der Waals surface area contributed by atoms with Crippen LogP contribution in [0.15, 0.2) is 89.8 Å². The maximum absolute atomic E-state index is 12.9. The van der Waals surface area contributed by atoms with Gasteiger partial charge in [0.05, 0.1) is 9.82 Å². The molecular formula is C23H25N3O4S. The lowest BCUT2D eigenvalue weighted by atomic mass is 10.1. The Morgan fingerprint density at radius 3 is 2.06 bits per heavy atom. The number of benzene rings is 3. The first kappa shape index (κ1) is 22.6. The van der Waals surface area contributed by atoms with Crippen LogP contribution in [-0.2, 0) is 16.4 Å². The number of non-ortho nitro benzene ring substituents is 1. The Bertz CT molecular complexity index is 1090. The van der Waals surface area contributed by atoms with Gasteiger partial charge in [-0.2, -0.15) is 0 Å². The predicted molar refractivity (Wildman–Crippen MR) is 120 cm³/mol. The van der Waals surface area contributed by atoms with Gasteiger partial charge in [0.2, 0.25) is 10.0 Å². The van der Waals surface area contributed by atoms with Crippen LogP contribution in [0.5, 0.6) is 0 Å². The Balaban J connectivity index is 1.75. The first-order valence-corrected chi connectivity index (χ1v) is 11.4. The number of hydrogen-bond acceptors (Lipinski definition) is 5. The van der Waals surface area contributed by atoms with Crippen molar-refractivity contribution in [3.63, 3.8) is 0 Å². The molecule has 0 heterocycles. The minimum Gasteiger partial charge on any atom is -0.309 e. The molecule has 0 spiro atoms. The van der Waals surface area contributed by atoms with Gasteiger partial charge in [-0.25, -0.2) is 13.1 Å². The summed E-state index contributed by atoms with van der Waals surface area (Å²) in [4.78, 5) is 10.3. The third-order valence-corrected chi connectivity index (χ3v) is 6.51. The second-order valence-corrected chi connectivity index (χ2v) is 9.01. The zero-order chi connectivity index (χ0) is 22.3. The molecule has 3 rings (SSSR count). The molecule has 0 fully saturated rings. The molecule has 0 aromatic heterocycles. The fraction of sp³-hybridized carbons (Fsp3) is 0.217. The van der Waals surface area contributed by atoms with Crippen molar-refractivity contribution in [1.82, 2.24) is 10.0 Å². The molecule has 0 radical (unpaired) electrons. The Morgan fingerprint density at radius 2 is 1.48 bits per heavy atom. The summed E-state index contributed by atoms with van der Waals surface area (Å²) >= 11 is 0. The summed E-state index contributed by atoms with van der Waals surface area (Å²) in [7, 11) is -3.85. The van der Waals surface area contributed by atoms with Gasteiger partial charge in [-0.1, -0.05) is 60.7 Å². The fourth-order valence-electron chi connectivity index (χ4n) is 3.27. The maximum Gasteiger partial charge on any atom is 0.269 e. The highest BCUT2D eigenvalue weighted by atomic mass is 32.2. The first-order valence-electron chi connectivity index (χ1n) is 9.94. The van der Waals surface area contributed by atoms with Crippen LogP contribution >= 0.6 is 0 Å². The summed E-state index contributed by atoms with van der Waals surface area (Å²) in [5.41, 5.74) is 1.96. The van der Waals surface area contributed by atoms with Crippen molar-refractivity contribution in [3.05, 3.63) is 106 Å². The molecule has 0 saturated carbocycles. The molecule has 0 aliphatic carbocycles. The largest absolute Gasteiger partial charge is 0.309 e. The van der Waals surface area contributed by atoms with Gasteiger partial charge >= 0.3 is 0 Å². The highest BCUT2D eigenvalue weighted by Crippen LogP contribution is 2.17. The Morgan fingerprint density at radius 1 is 0.903 bits per heavy atom. The van der Waals surface area contributed by atoms with E-state index >= 15 is 0 Å². The number of nitro groups is 1. The minimum atomic E-state index is -3.85. The predicted octanol–water partition coefficient (Wildman–Crippen LogP) is 3.84. The molecule has 0 aliphatic heterocycles. The highest BCUT2D eigenvalue weighted by molar-refractivity contribution is 7.89. The average molecular weight is 440 g/mol. The van der Waals surface area contributed by atoms with Crippen molar-refractivity contribution in [1.29, 1.82) is 0 Å². The molecular weight excluding hydrogens is 414 g/mol. The first-order chi connectivity index (χ1) is 14.8. The van der Waals surface area contributed by atoms with Crippen LogP contribution in [0.3, 0.4) is 0 Å².